The Balaban J connectivity index is 1.78. The normalized spacial score (nSPS) is 12.5. The molecular formula is C18H13N3S. The second-order valence-corrected chi connectivity index (χ2v) is 6.14. The van der Waals surface area contributed by atoms with Gasteiger partial charge in [0.15, 0.2) is 0 Å². The molecule has 0 radical (unpaired) electrons. The zero-order valence-corrected chi connectivity index (χ0v) is 12.8. The molecule has 1 aliphatic rings. The molecular weight excluding hydrogens is 290 g/mol. The van der Waals surface area contributed by atoms with Crippen molar-refractivity contribution in [1.29, 1.82) is 0 Å². The highest BCUT2D eigenvalue weighted by atomic mass is 32.1. The van der Waals surface area contributed by atoms with Crippen LogP contribution in [-0.2, 0) is 0 Å². The van der Waals surface area contributed by atoms with E-state index in [2.05, 4.69) is 51.6 Å². The van der Waals surface area contributed by atoms with Crippen LogP contribution in [0.25, 0.3) is 11.1 Å². The smallest absolute Gasteiger partial charge is 0.101 e. The van der Waals surface area contributed by atoms with Gasteiger partial charge in [-0.3, -0.25) is 0 Å². The van der Waals surface area contributed by atoms with Gasteiger partial charge in [0.05, 0.1) is 16.9 Å². The number of fused-ring (bicyclic) bond motifs is 3. The highest BCUT2D eigenvalue weighted by molar-refractivity contribution is 7.09. The summed E-state index contributed by atoms with van der Waals surface area (Å²) in [6.45, 7) is 1.98. The van der Waals surface area contributed by atoms with Gasteiger partial charge in [-0.15, -0.1) is 16.4 Å². The van der Waals surface area contributed by atoms with Crippen molar-refractivity contribution < 1.29 is 0 Å². The Morgan fingerprint density at radius 2 is 1.50 bits per heavy atom. The fourth-order valence-corrected chi connectivity index (χ4v) is 3.25. The molecule has 2 aromatic carbocycles. The summed E-state index contributed by atoms with van der Waals surface area (Å²) >= 11 is 1.61. The van der Waals surface area contributed by atoms with E-state index >= 15 is 0 Å². The van der Waals surface area contributed by atoms with Crippen molar-refractivity contribution >= 4 is 23.3 Å². The van der Waals surface area contributed by atoms with Gasteiger partial charge in [0.2, 0.25) is 0 Å². The minimum atomic E-state index is 0.853. The molecule has 22 heavy (non-hydrogen) atoms. The molecule has 4 heteroatoms. The fraction of sp³-hybridized carbons (Fsp3) is 0.0556. The molecule has 1 aromatic heterocycles. The van der Waals surface area contributed by atoms with Gasteiger partial charge in [-0.1, -0.05) is 48.5 Å². The first kappa shape index (κ1) is 13.1. The van der Waals surface area contributed by atoms with Crippen LogP contribution in [0.15, 0.2) is 64.1 Å². The zero-order valence-electron chi connectivity index (χ0n) is 12.0. The van der Waals surface area contributed by atoms with Crippen molar-refractivity contribution in [2.75, 3.05) is 0 Å². The first-order chi connectivity index (χ1) is 10.8. The van der Waals surface area contributed by atoms with Gasteiger partial charge in [0.25, 0.3) is 0 Å². The number of hydrogen-bond acceptors (Lipinski definition) is 4. The zero-order chi connectivity index (χ0) is 14.9. The molecule has 3 aromatic rings. The number of benzene rings is 2. The predicted molar refractivity (Wildman–Crippen MR) is 92.0 cm³/mol. The SMILES string of the molecule is Cc1nc(/C=N\N=C2c3ccccc3-c3ccccc32)cs1. The number of nitrogens with zero attached hydrogens (tertiary/aromatic N) is 3. The first-order valence-corrected chi connectivity index (χ1v) is 7.93. The third-order valence-corrected chi connectivity index (χ3v) is 4.43. The lowest BCUT2D eigenvalue weighted by atomic mass is 10.1. The van der Waals surface area contributed by atoms with Crippen LogP contribution in [0.1, 0.15) is 21.8 Å². The lowest BCUT2D eigenvalue weighted by Crippen LogP contribution is -1.97. The van der Waals surface area contributed by atoms with Crippen LogP contribution in [0.2, 0.25) is 0 Å². The van der Waals surface area contributed by atoms with Crippen LogP contribution in [0.4, 0.5) is 0 Å². The standard InChI is InChI=1S/C18H13N3S/c1-12-20-13(11-22-12)10-19-21-18-16-8-4-2-6-14(16)15-7-3-5-9-17(15)18/h2-11H,1H3/b19-10-. The highest BCUT2D eigenvalue weighted by Gasteiger charge is 2.23. The summed E-state index contributed by atoms with van der Waals surface area (Å²) in [7, 11) is 0. The fourth-order valence-electron chi connectivity index (χ4n) is 2.69. The van der Waals surface area contributed by atoms with E-state index in [1.165, 1.54) is 11.1 Å². The molecule has 0 spiro atoms. The highest BCUT2D eigenvalue weighted by Crippen LogP contribution is 2.36. The van der Waals surface area contributed by atoms with E-state index < -0.39 is 0 Å². The maximum absolute atomic E-state index is 4.46. The Hall–Kier alpha value is -2.59. The van der Waals surface area contributed by atoms with Gasteiger partial charge in [-0.05, 0) is 18.1 Å². The van der Waals surface area contributed by atoms with Crippen LogP contribution >= 0.6 is 11.3 Å². The summed E-state index contributed by atoms with van der Waals surface area (Å²) in [5.41, 5.74) is 6.49. The number of aryl methyl sites for hydroxylation is 1. The Labute approximate surface area is 132 Å². The average Bonchev–Trinajstić information content (AvgIpc) is 3.10. The minimum absolute atomic E-state index is 0.853. The number of thiazole rings is 1. The van der Waals surface area contributed by atoms with E-state index in [0.29, 0.717) is 0 Å². The molecule has 0 saturated heterocycles. The van der Waals surface area contributed by atoms with Gasteiger partial charge >= 0.3 is 0 Å². The summed E-state index contributed by atoms with van der Waals surface area (Å²) in [5, 5.41) is 11.7. The molecule has 1 aliphatic carbocycles. The molecule has 4 rings (SSSR count). The summed E-state index contributed by atoms with van der Waals surface area (Å²) < 4.78 is 0. The summed E-state index contributed by atoms with van der Waals surface area (Å²) in [5.74, 6) is 0. The first-order valence-electron chi connectivity index (χ1n) is 7.05. The monoisotopic (exact) mass is 303 g/mol. The second-order valence-electron chi connectivity index (χ2n) is 5.08. The maximum Gasteiger partial charge on any atom is 0.101 e. The predicted octanol–water partition coefficient (Wildman–Crippen LogP) is 4.30. The van der Waals surface area contributed by atoms with E-state index in [-0.39, 0.29) is 0 Å². The summed E-state index contributed by atoms with van der Waals surface area (Å²) in [6.07, 6.45) is 1.71. The molecule has 0 N–H and O–H groups in total. The van der Waals surface area contributed by atoms with Gasteiger partial charge in [0, 0.05) is 16.5 Å². The van der Waals surface area contributed by atoms with E-state index in [1.54, 1.807) is 17.6 Å². The topological polar surface area (TPSA) is 37.6 Å². The van der Waals surface area contributed by atoms with Crippen LogP contribution < -0.4 is 0 Å². The van der Waals surface area contributed by atoms with Crippen molar-refractivity contribution in [3.63, 3.8) is 0 Å². The molecule has 3 nitrogen and oxygen atoms in total. The quantitative estimate of drug-likeness (QED) is 0.402. The molecule has 0 atom stereocenters. The third-order valence-electron chi connectivity index (χ3n) is 3.64. The Bertz CT molecular complexity index is 858. The molecule has 0 unspecified atom stereocenters. The van der Waals surface area contributed by atoms with Crippen molar-refractivity contribution in [3.05, 3.63) is 75.7 Å². The lowest BCUT2D eigenvalue weighted by Gasteiger charge is -1.97. The Kier molecular flexibility index (Phi) is 3.16. The molecule has 106 valence electrons. The third kappa shape index (κ3) is 2.18. The Morgan fingerprint density at radius 1 is 0.909 bits per heavy atom. The van der Waals surface area contributed by atoms with Crippen molar-refractivity contribution in [2.24, 2.45) is 10.2 Å². The molecule has 0 bridgehead atoms. The van der Waals surface area contributed by atoms with Gasteiger partial charge in [-0.25, -0.2) is 4.98 Å². The molecule has 0 aliphatic heterocycles. The van der Waals surface area contributed by atoms with E-state index in [4.69, 9.17) is 0 Å². The number of hydrogen-bond donors (Lipinski definition) is 0. The van der Waals surface area contributed by atoms with Crippen LogP contribution in [-0.4, -0.2) is 16.9 Å². The largest absolute Gasteiger partial charge is 0.240 e. The average molecular weight is 303 g/mol. The van der Waals surface area contributed by atoms with Crippen molar-refractivity contribution in [2.45, 2.75) is 6.92 Å². The van der Waals surface area contributed by atoms with Gasteiger partial charge < -0.3 is 0 Å². The molecule has 1 heterocycles. The van der Waals surface area contributed by atoms with Gasteiger partial charge in [-0.2, -0.15) is 5.10 Å². The molecule has 0 amide bonds. The Morgan fingerprint density at radius 3 is 2.05 bits per heavy atom. The van der Waals surface area contributed by atoms with Crippen molar-refractivity contribution in [3.8, 4) is 11.1 Å². The van der Waals surface area contributed by atoms with Crippen LogP contribution in [0.3, 0.4) is 0 Å². The lowest BCUT2D eigenvalue weighted by molar-refractivity contribution is 1.22. The maximum atomic E-state index is 4.46. The van der Waals surface area contributed by atoms with E-state index in [9.17, 15) is 0 Å². The van der Waals surface area contributed by atoms with Crippen molar-refractivity contribution in [1.82, 2.24) is 4.98 Å². The molecule has 0 fully saturated rings. The minimum Gasteiger partial charge on any atom is -0.240 e. The summed E-state index contributed by atoms with van der Waals surface area (Å²) in [6, 6.07) is 16.6. The number of aromatic nitrogens is 1. The van der Waals surface area contributed by atoms with Crippen LogP contribution in [0.5, 0.6) is 0 Å². The van der Waals surface area contributed by atoms with E-state index in [0.717, 1.165) is 27.5 Å². The van der Waals surface area contributed by atoms with Crippen LogP contribution in [0, 0.1) is 6.92 Å². The second kappa shape index (κ2) is 5.31. The van der Waals surface area contributed by atoms with E-state index in [1.807, 2.05) is 24.4 Å². The molecule has 0 saturated carbocycles. The summed E-state index contributed by atoms with van der Waals surface area (Å²) in [4.78, 5) is 4.36. The number of rotatable bonds is 2. The van der Waals surface area contributed by atoms with Gasteiger partial charge in [0.1, 0.15) is 5.71 Å².